The summed E-state index contributed by atoms with van der Waals surface area (Å²) in [5.41, 5.74) is 0.538. The minimum atomic E-state index is -0.0284. The molecule has 1 aliphatic rings. The number of rotatable bonds is 2. The third-order valence-electron chi connectivity index (χ3n) is 3.56. The van der Waals surface area contributed by atoms with Gasteiger partial charge < -0.3 is 9.80 Å². The number of aromatic nitrogens is 1. The van der Waals surface area contributed by atoms with Crippen LogP contribution >= 0.6 is 34.5 Å². The van der Waals surface area contributed by atoms with Crippen molar-refractivity contribution in [2.24, 2.45) is 0 Å². The molecule has 1 saturated heterocycles. The van der Waals surface area contributed by atoms with Crippen molar-refractivity contribution in [3.05, 3.63) is 44.9 Å². The van der Waals surface area contributed by atoms with E-state index in [1.807, 2.05) is 18.0 Å². The molecule has 1 aromatic heterocycles. The zero-order valence-electron chi connectivity index (χ0n) is 12.1. The van der Waals surface area contributed by atoms with Crippen LogP contribution in [0.2, 0.25) is 10.0 Å². The summed E-state index contributed by atoms with van der Waals surface area (Å²) in [6.45, 7) is 4.95. The number of carbonyl (C=O) groups excluding carboxylic acids is 1. The first-order chi connectivity index (χ1) is 10.5. The van der Waals surface area contributed by atoms with Gasteiger partial charge in [0, 0.05) is 52.9 Å². The van der Waals surface area contributed by atoms with Gasteiger partial charge in [0.2, 0.25) is 0 Å². The Morgan fingerprint density at radius 3 is 2.32 bits per heavy atom. The molecule has 0 radical (unpaired) electrons. The number of amides is 1. The molecule has 7 heteroatoms. The molecule has 1 amide bonds. The fourth-order valence-electron chi connectivity index (χ4n) is 2.45. The summed E-state index contributed by atoms with van der Waals surface area (Å²) in [6.07, 6.45) is 1.88. The van der Waals surface area contributed by atoms with Crippen molar-refractivity contribution in [3.8, 4) is 0 Å². The van der Waals surface area contributed by atoms with Crippen LogP contribution in [0.3, 0.4) is 0 Å². The van der Waals surface area contributed by atoms with Crippen LogP contribution in [0.4, 0.5) is 5.13 Å². The molecule has 0 atom stereocenters. The predicted octanol–water partition coefficient (Wildman–Crippen LogP) is 3.72. The molecule has 0 bridgehead atoms. The molecular weight excluding hydrogens is 341 g/mol. The van der Waals surface area contributed by atoms with E-state index in [0.717, 1.165) is 18.2 Å². The van der Waals surface area contributed by atoms with Crippen LogP contribution in [0.25, 0.3) is 0 Å². The summed E-state index contributed by atoms with van der Waals surface area (Å²) in [7, 11) is 0. The molecule has 1 aliphatic heterocycles. The van der Waals surface area contributed by atoms with Gasteiger partial charge in [0.1, 0.15) is 0 Å². The zero-order chi connectivity index (χ0) is 15.7. The van der Waals surface area contributed by atoms with Crippen molar-refractivity contribution in [1.82, 2.24) is 9.88 Å². The minimum Gasteiger partial charge on any atom is -0.345 e. The van der Waals surface area contributed by atoms with Crippen LogP contribution in [-0.2, 0) is 0 Å². The van der Waals surface area contributed by atoms with Crippen molar-refractivity contribution >= 4 is 45.6 Å². The molecule has 1 fully saturated rings. The van der Waals surface area contributed by atoms with Gasteiger partial charge in [-0.3, -0.25) is 4.79 Å². The standard InChI is InChI=1S/C15H15Cl2N3OS/c1-10-9-18-15(22-10)20-4-2-19(3-5-20)14(21)11-6-12(16)8-13(17)7-11/h6-9H,2-5H2,1H3. The third kappa shape index (κ3) is 3.37. The smallest absolute Gasteiger partial charge is 0.254 e. The molecule has 4 nitrogen and oxygen atoms in total. The highest BCUT2D eigenvalue weighted by Crippen LogP contribution is 2.24. The normalized spacial score (nSPS) is 15.2. The molecule has 0 N–H and O–H groups in total. The summed E-state index contributed by atoms with van der Waals surface area (Å²) >= 11 is 13.6. The van der Waals surface area contributed by atoms with E-state index < -0.39 is 0 Å². The number of aryl methyl sites for hydroxylation is 1. The summed E-state index contributed by atoms with van der Waals surface area (Å²) in [5.74, 6) is -0.0284. The fraction of sp³-hybridized carbons (Fsp3) is 0.333. The van der Waals surface area contributed by atoms with E-state index in [-0.39, 0.29) is 5.91 Å². The molecule has 0 spiro atoms. The first kappa shape index (κ1) is 15.6. The van der Waals surface area contributed by atoms with Crippen LogP contribution < -0.4 is 4.90 Å². The van der Waals surface area contributed by atoms with Gasteiger partial charge in [-0.25, -0.2) is 4.98 Å². The summed E-state index contributed by atoms with van der Waals surface area (Å²) < 4.78 is 0. The highest BCUT2D eigenvalue weighted by atomic mass is 35.5. The number of anilines is 1. The Balaban J connectivity index is 1.67. The van der Waals surface area contributed by atoms with Crippen molar-refractivity contribution in [2.75, 3.05) is 31.1 Å². The third-order valence-corrected chi connectivity index (χ3v) is 4.97. The molecule has 2 aromatic rings. The van der Waals surface area contributed by atoms with E-state index >= 15 is 0 Å². The lowest BCUT2D eigenvalue weighted by atomic mass is 10.2. The minimum absolute atomic E-state index is 0.0284. The summed E-state index contributed by atoms with van der Waals surface area (Å²) in [6, 6.07) is 4.95. The predicted molar refractivity (Wildman–Crippen MR) is 91.4 cm³/mol. The first-order valence-electron chi connectivity index (χ1n) is 6.95. The van der Waals surface area contributed by atoms with Gasteiger partial charge in [0.15, 0.2) is 5.13 Å². The molecule has 0 aliphatic carbocycles. The van der Waals surface area contributed by atoms with Gasteiger partial charge in [-0.2, -0.15) is 0 Å². The Bertz CT molecular complexity index is 676. The molecule has 116 valence electrons. The maximum Gasteiger partial charge on any atom is 0.254 e. The highest BCUT2D eigenvalue weighted by Gasteiger charge is 2.23. The second-order valence-corrected chi connectivity index (χ2v) is 7.28. The van der Waals surface area contributed by atoms with E-state index in [2.05, 4.69) is 9.88 Å². The summed E-state index contributed by atoms with van der Waals surface area (Å²) in [4.78, 5) is 22.2. The quantitative estimate of drug-likeness (QED) is 0.823. The highest BCUT2D eigenvalue weighted by molar-refractivity contribution is 7.15. The molecule has 0 unspecified atom stereocenters. The van der Waals surface area contributed by atoms with E-state index in [9.17, 15) is 4.79 Å². The first-order valence-corrected chi connectivity index (χ1v) is 8.53. The molecule has 0 saturated carbocycles. The average Bonchev–Trinajstić information content (AvgIpc) is 2.92. The monoisotopic (exact) mass is 355 g/mol. The lowest BCUT2D eigenvalue weighted by molar-refractivity contribution is 0.0747. The summed E-state index contributed by atoms with van der Waals surface area (Å²) in [5, 5.41) is 1.98. The Kier molecular flexibility index (Phi) is 4.57. The topological polar surface area (TPSA) is 36.4 Å². The average molecular weight is 356 g/mol. The molecule has 22 heavy (non-hydrogen) atoms. The number of halogens is 2. The van der Waals surface area contributed by atoms with E-state index in [4.69, 9.17) is 23.2 Å². The fourth-order valence-corrected chi connectivity index (χ4v) is 3.79. The second kappa shape index (κ2) is 6.44. The lowest BCUT2D eigenvalue weighted by Gasteiger charge is -2.34. The van der Waals surface area contributed by atoms with Crippen LogP contribution in [-0.4, -0.2) is 42.0 Å². The second-order valence-electron chi connectivity index (χ2n) is 5.19. The van der Waals surface area contributed by atoms with Crippen LogP contribution in [0.5, 0.6) is 0 Å². The van der Waals surface area contributed by atoms with Gasteiger partial charge in [-0.05, 0) is 25.1 Å². The zero-order valence-corrected chi connectivity index (χ0v) is 14.4. The molecule has 2 heterocycles. The van der Waals surface area contributed by atoms with Crippen molar-refractivity contribution < 1.29 is 4.79 Å². The largest absolute Gasteiger partial charge is 0.345 e. The van der Waals surface area contributed by atoms with Crippen LogP contribution in [0, 0.1) is 6.92 Å². The molecule has 1 aromatic carbocycles. The Morgan fingerprint density at radius 2 is 1.77 bits per heavy atom. The van der Waals surface area contributed by atoms with Crippen molar-refractivity contribution in [3.63, 3.8) is 0 Å². The number of nitrogens with zero attached hydrogens (tertiary/aromatic N) is 3. The van der Waals surface area contributed by atoms with Gasteiger partial charge in [0.25, 0.3) is 5.91 Å². The number of hydrogen-bond donors (Lipinski definition) is 0. The van der Waals surface area contributed by atoms with Gasteiger partial charge in [-0.1, -0.05) is 23.2 Å². The van der Waals surface area contributed by atoms with Crippen molar-refractivity contribution in [1.29, 1.82) is 0 Å². The van der Waals surface area contributed by atoms with Gasteiger partial charge >= 0.3 is 0 Å². The van der Waals surface area contributed by atoms with Crippen LogP contribution in [0.15, 0.2) is 24.4 Å². The maximum atomic E-state index is 12.5. The Morgan fingerprint density at radius 1 is 1.14 bits per heavy atom. The Hall–Kier alpha value is -1.30. The lowest BCUT2D eigenvalue weighted by Crippen LogP contribution is -2.48. The molecule has 3 rings (SSSR count). The van der Waals surface area contributed by atoms with E-state index in [0.29, 0.717) is 28.7 Å². The number of thiazole rings is 1. The van der Waals surface area contributed by atoms with Gasteiger partial charge in [0.05, 0.1) is 0 Å². The van der Waals surface area contributed by atoms with Crippen molar-refractivity contribution in [2.45, 2.75) is 6.92 Å². The number of benzene rings is 1. The van der Waals surface area contributed by atoms with E-state index in [1.165, 1.54) is 4.88 Å². The Labute approximate surface area is 143 Å². The van der Waals surface area contributed by atoms with Crippen LogP contribution in [0.1, 0.15) is 15.2 Å². The SMILES string of the molecule is Cc1cnc(N2CCN(C(=O)c3cc(Cl)cc(Cl)c3)CC2)s1. The van der Waals surface area contributed by atoms with Gasteiger partial charge in [-0.15, -0.1) is 11.3 Å². The maximum absolute atomic E-state index is 12.5. The van der Waals surface area contributed by atoms with E-state index in [1.54, 1.807) is 29.5 Å². The number of piperazine rings is 1. The number of hydrogen-bond acceptors (Lipinski definition) is 4. The number of carbonyl (C=O) groups is 1. The molecular formula is C15H15Cl2N3OS.